The van der Waals surface area contributed by atoms with Crippen LogP contribution < -0.4 is 5.32 Å². The van der Waals surface area contributed by atoms with Crippen molar-refractivity contribution in [2.45, 2.75) is 52.0 Å². The van der Waals surface area contributed by atoms with Crippen molar-refractivity contribution in [2.24, 2.45) is 18.9 Å². The van der Waals surface area contributed by atoms with Gasteiger partial charge in [-0.3, -0.25) is 9.48 Å². The fourth-order valence-corrected chi connectivity index (χ4v) is 3.15. The Kier molecular flexibility index (Phi) is 5.21. The van der Waals surface area contributed by atoms with E-state index in [2.05, 4.69) is 24.3 Å². The number of nitrogens with zero attached hydrogens (tertiary/aromatic N) is 2. The smallest absolute Gasteiger partial charge is 0.356 e. The molecule has 1 amide bonds. The lowest BCUT2D eigenvalue weighted by atomic mass is 9.93. The predicted octanol–water partition coefficient (Wildman–Crippen LogP) is 2.45. The number of carboxylic acid groups (broad SMARTS) is 1. The maximum atomic E-state index is 12.4. The Hall–Kier alpha value is -1.85. The summed E-state index contributed by atoms with van der Waals surface area (Å²) in [4.78, 5) is 23.3. The van der Waals surface area contributed by atoms with Crippen molar-refractivity contribution in [3.05, 3.63) is 17.5 Å². The van der Waals surface area contributed by atoms with Crippen LogP contribution in [-0.2, 0) is 7.05 Å². The molecule has 2 atom stereocenters. The van der Waals surface area contributed by atoms with Gasteiger partial charge in [-0.25, -0.2) is 4.79 Å². The fraction of sp³-hybridized carbons (Fsp3) is 0.688. The molecular weight excluding hydrogens is 282 g/mol. The molecular formula is C16H25N3O3. The highest BCUT2D eigenvalue weighted by Gasteiger charge is 2.29. The molecule has 6 heteroatoms. The summed E-state index contributed by atoms with van der Waals surface area (Å²) in [6.07, 6.45) is 5.60. The van der Waals surface area contributed by atoms with Crippen molar-refractivity contribution >= 4 is 11.9 Å². The number of aromatic carboxylic acids is 1. The molecule has 0 bridgehead atoms. The van der Waals surface area contributed by atoms with Crippen molar-refractivity contribution < 1.29 is 14.7 Å². The zero-order valence-corrected chi connectivity index (χ0v) is 13.5. The van der Waals surface area contributed by atoms with Crippen LogP contribution in [0.1, 0.15) is 66.9 Å². The van der Waals surface area contributed by atoms with E-state index in [0.29, 0.717) is 17.5 Å². The molecule has 1 fully saturated rings. The number of nitrogens with one attached hydrogen (secondary N) is 1. The Morgan fingerprint density at radius 1 is 1.45 bits per heavy atom. The van der Waals surface area contributed by atoms with Gasteiger partial charge in [0.25, 0.3) is 5.91 Å². The number of carboxylic acids is 1. The number of hydrogen-bond donors (Lipinski definition) is 2. The van der Waals surface area contributed by atoms with Crippen LogP contribution in [0.15, 0.2) is 6.07 Å². The molecule has 1 heterocycles. The molecule has 0 spiro atoms. The first kappa shape index (κ1) is 16.5. The third-order valence-corrected chi connectivity index (χ3v) is 4.42. The van der Waals surface area contributed by atoms with Crippen molar-refractivity contribution in [2.75, 3.05) is 0 Å². The first-order valence-corrected chi connectivity index (χ1v) is 7.96. The third kappa shape index (κ3) is 3.87. The monoisotopic (exact) mass is 307 g/mol. The minimum Gasteiger partial charge on any atom is -0.476 e. The first-order chi connectivity index (χ1) is 10.4. The van der Waals surface area contributed by atoms with E-state index >= 15 is 0 Å². The van der Waals surface area contributed by atoms with Gasteiger partial charge in [0, 0.05) is 19.2 Å². The second kappa shape index (κ2) is 6.94. The standard InChI is InChI=1S/C16H25N3O3/c1-10(2)7-8-11-5-4-6-12(11)17-15(20)14-9-13(16(21)22)18-19(14)3/h9-12H,4-8H2,1-3H3,(H,17,20)(H,21,22). The number of carbonyl (C=O) groups is 2. The average Bonchev–Trinajstić information content (AvgIpc) is 3.03. The molecule has 1 aliphatic rings. The van der Waals surface area contributed by atoms with Crippen LogP contribution >= 0.6 is 0 Å². The Labute approximate surface area is 130 Å². The molecule has 2 rings (SSSR count). The Morgan fingerprint density at radius 3 is 2.77 bits per heavy atom. The molecule has 122 valence electrons. The number of carbonyl (C=O) groups excluding carboxylic acids is 1. The predicted molar refractivity (Wildman–Crippen MR) is 82.8 cm³/mol. The topological polar surface area (TPSA) is 84.2 Å². The molecule has 2 N–H and O–H groups in total. The molecule has 1 aromatic heterocycles. The van der Waals surface area contributed by atoms with E-state index in [0.717, 1.165) is 25.7 Å². The molecule has 1 aromatic rings. The van der Waals surface area contributed by atoms with Crippen LogP contribution in [0.4, 0.5) is 0 Å². The minimum atomic E-state index is -1.12. The molecule has 1 saturated carbocycles. The Bertz CT molecular complexity index is 551. The first-order valence-electron chi connectivity index (χ1n) is 7.96. The highest BCUT2D eigenvalue weighted by atomic mass is 16.4. The largest absolute Gasteiger partial charge is 0.476 e. The summed E-state index contributed by atoms with van der Waals surface area (Å²) in [5.74, 6) is -0.153. The molecule has 0 aliphatic heterocycles. The zero-order chi connectivity index (χ0) is 16.3. The maximum absolute atomic E-state index is 12.4. The van der Waals surface area contributed by atoms with Gasteiger partial charge in [0.1, 0.15) is 5.69 Å². The maximum Gasteiger partial charge on any atom is 0.356 e. The molecule has 22 heavy (non-hydrogen) atoms. The van der Waals surface area contributed by atoms with Crippen molar-refractivity contribution in [3.63, 3.8) is 0 Å². The van der Waals surface area contributed by atoms with E-state index in [-0.39, 0.29) is 17.6 Å². The van der Waals surface area contributed by atoms with E-state index in [4.69, 9.17) is 5.11 Å². The fourth-order valence-electron chi connectivity index (χ4n) is 3.15. The van der Waals surface area contributed by atoms with Crippen molar-refractivity contribution in [1.29, 1.82) is 0 Å². The summed E-state index contributed by atoms with van der Waals surface area (Å²) >= 11 is 0. The number of aryl methyl sites for hydroxylation is 1. The Morgan fingerprint density at radius 2 is 2.18 bits per heavy atom. The second-order valence-electron chi connectivity index (χ2n) is 6.59. The lowest BCUT2D eigenvalue weighted by Gasteiger charge is -2.21. The van der Waals surface area contributed by atoms with Gasteiger partial charge < -0.3 is 10.4 Å². The summed E-state index contributed by atoms with van der Waals surface area (Å²) < 4.78 is 1.33. The summed E-state index contributed by atoms with van der Waals surface area (Å²) in [7, 11) is 1.59. The van der Waals surface area contributed by atoms with Gasteiger partial charge in [-0.1, -0.05) is 26.7 Å². The van der Waals surface area contributed by atoms with Crippen LogP contribution in [0.2, 0.25) is 0 Å². The molecule has 0 radical (unpaired) electrons. The van der Waals surface area contributed by atoms with Gasteiger partial charge in [-0.15, -0.1) is 0 Å². The van der Waals surface area contributed by atoms with E-state index in [1.165, 1.54) is 17.2 Å². The lowest BCUT2D eigenvalue weighted by Crippen LogP contribution is -2.38. The summed E-state index contributed by atoms with van der Waals surface area (Å²) in [5, 5.41) is 15.9. The Balaban J connectivity index is 2.00. The highest BCUT2D eigenvalue weighted by molar-refractivity contribution is 5.95. The quantitative estimate of drug-likeness (QED) is 0.845. The summed E-state index contributed by atoms with van der Waals surface area (Å²) in [6.45, 7) is 4.43. The van der Waals surface area contributed by atoms with E-state index in [9.17, 15) is 9.59 Å². The van der Waals surface area contributed by atoms with Gasteiger partial charge >= 0.3 is 5.97 Å². The summed E-state index contributed by atoms with van der Waals surface area (Å²) in [6, 6.07) is 1.52. The average molecular weight is 307 g/mol. The van der Waals surface area contributed by atoms with E-state index in [1.54, 1.807) is 7.05 Å². The van der Waals surface area contributed by atoms with E-state index < -0.39 is 5.97 Å². The number of hydrogen-bond acceptors (Lipinski definition) is 3. The van der Waals surface area contributed by atoms with Gasteiger partial charge in [-0.05, 0) is 31.1 Å². The van der Waals surface area contributed by atoms with Gasteiger partial charge in [0.2, 0.25) is 0 Å². The van der Waals surface area contributed by atoms with Crippen molar-refractivity contribution in [1.82, 2.24) is 15.1 Å². The summed E-state index contributed by atoms with van der Waals surface area (Å²) in [5.41, 5.74) is 0.197. The van der Waals surface area contributed by atoms with E-state index in [1.807, 2.05) is 0 Å². The number of amides is 1. The van der Waals surface area contributed by atoms with Crippen molar-refractivity contribution in [3.8, 4) is 0 Å². The van der Waals surface area contributed by atoms with Crippen LogP contribution in [0.25, 0.3) is 0 Å². The van der Waals surface area contributed by atoms with Crippen LogP contribution in [0, 0.1) is 11.8 Å². The zero-order valence-electron chi connectivity index (χ0n) is 13.5. The van der Waals surface area contributed by atoms with Gasteiger partial charge in [0.05, 0.1) is 0 Å². The third-order valence-electron chi connectivity index (χ3n) is 4.42. The number of aromatic nitrogens is 2. The molecule has 0 aromatic carbocycles. The molecule has 1 aliphatic carbocycles. The van der Waals surface area contributed by atoms with Crippen LogP contribution in [0.5, 0.6) is 0 Å². The number of rotatable bonds is 6. The lowest BCUT2D eigenvalue weighted by molar-refractivity contribution is 0.0689. The second-order valence-corrected chi connectivity index (χ2v) is 6.59. The minimum absolute atomic E-state index is 0.101. The normalized spacial score (nSPS) is 21.3. The molecule has 6 nitrogen and oxygen atoms in total. The molecule has 2 unspecified atom stereocenters. The van der Waals surface area contributed by atoms with Gasteiger partial charge in [0.15, 0.2) is 5.69 Å². The SMILES string of the molecule is CC(C)CCC1CCCC1NC(=O)c1cc(C(=O)O)nn1C. The molecule has 0 saturated heterocycles. The van der Waals surface area contributed by atoms with Crippen LogP contribution in [0.3, 0.4) is 0 Å². The van der Waals surface area contributed by atoms with Gasteiger partial charge in [-0.2, -0.15) is 5.10 Å². The van der Waals surface area contributed by atoms with Crippen LogP contribution in [-0.4, -0.2) is 32.8 Å². The highest BCUT2D eigenvalue weighted by Crippen LogP contribution is 2.30.